The molecule has 4 bridgehead atoms. The molecule has 2 aromatic heterocycles. The van der Waals surface area contributed by atoms with E-state index >= 15 is 4.39 Å². The van der Waals surface area contributed by atoms with Gasteiger partial charge in [0.15, 0.2) is 5.75 Å². The van der Waals surface area contributed by atoms with Crippen molar-refractivity contribution in [1.29, 1.82) is 0 Å². The number of nitrogens with zero attached hydrogens (tertiary/aromatic N) is 5. The normalized spacial score (nSPS) is 15.5. The van der Waals surface area contributed by atoms with Crippen LogP contribution in [0.5, 0.6) is 11.6 Å². The molecule has 1 N–H and O–H groups in total. The SMILES string of the molecule is Cc1cccc(C)c1-c1cc2nc(n1)NSc1cccc(c1)C(=O)N(Cc1ncc(OC(C)C)cn1)[C@H](CC(C)(C)F)CO2. The van der Waals surface area contributed by atoms with Gasteiger partial charge in [-0.2, -0.15) is 4.98 Å². The van der Waals surface area contributed by atoms with E-state index in [0.717, 1.165) is 21.6 Å². The number of hydrogen-bond acceptors (Lipinski definition) is 9. The fraction of sp³-hybridized carbons (Fsp3) is 0.364. The van der Waals surface area contributed by atoms with Crippen molar-refractivity contribution in [2.24, 2.45) is 0 Å². The van der Waals surface area contributed by atoms with Gasteiger partial charge >= 0.3 is 0 Å². The number of halogens is 1. The van der Waals surface area contributed by atoms with Crippen molar-refractivity contribution < 1.29 is 18.7 Å². The molecule has 0 saturated carbocycles. The van der Waals surface area contributed by atoms with Gasteiger partial charge in [-0.3, -0.25) is 9.52 Å². The van der Waals surface area contributed by atoms with Crippen LogP contribution in [0.3, 0.4) is 0 Å². The maximum atomic E-state index is 15.3. The highest BCUT2D eigenvalue weighted by atomic mass is 32.2. The first-order valence-corrected chi connectivity index (χ1v) is 15.4. The zero-order chi connectivity index (χ0) is 31.4. The average molecular weight is 617 g/mol. The van der Waals surface area contributed by atoms with Crippen molar-refractivity contribution in [2.45, 2.75) is 77.2 Å². The maximum absolute atomic E-state index is 15.3. The van der Waals surface area contributed by atoms with Gasteiger partial charge < -0.3 is 14.4 Å². The van der Waals surface area contributed by atoms with Crippen molar-refractivity contribution in [3.63, 3.8) is 0 Å². The predicted molar refractivity (Wildman–Crippen MR) is 170 cm³/mol. The quantitative estimate of drug-likeness (QED) is 0.220. The molecule has 1 aliphatic heterocycles. The molecular weight excluding hydrogens is 579 g/mol. The number of aromatic nitrogens is 4. The number of nitrogens with one attached hydrogen (secondary N) is 1. The molecule has 44 heavy (non-hydrogen) atoms. The smallest absolute Gasteiger partial charge is 0.254 e. The standard InChI is InChI=1S/C33H37FN6O3S/c1-20(2)43-25-16-35-28(36-17-25)18-40-24(15-33(5,6)34)19-42-29-14-27(30-21(3)9-7-10-22(30)4)37-32(38-29)39-44-26-12-8-11-23(13-26)31(40)41/h7-14,16-17,20,24H,15,18-19H2,1-6H3,(H,37,38,39)/t24-/m1/s1. The number of anilines is 1. The number of aryl methyl sites for hydroxylation is 2. The molecule has 230 valence electrons. The maximum Gasteiger partial charge on any atom is 0.254 e. The summed E-state index contributed by atoms with van der Waals surface area (Å²) in [6, 6.07) is 14.4. The third kappa shape index (κ3) is 7.82. The molecule has 9 nitrogen and oxygen atoms in total. The van der Waals surface area contributed by atoms with Crippen LogP contribution in [-0.2, 0) is 6.54 Å². The Hall–Kier alpha value is -4.25. The minimum Gasteiger partial charge on any atom is -0.488 e. The van der Waals surface area contributed by atoms with Gasteiger partial charge in [-0.15, -0.1) is 0 Å². The minimum atomic E-state index is -1.60. The van der Waals surface area contributed by atoms with E-state index in [9.17, 15) is 4.79 Å². The molecule has 4 aromatic rings. The summed E-state index contributed by atoms with van der Waals surface area (Å²) in [6.45, 7) is 10.9. The Bertz CT molecular complexity index is 1610. The molecule has 0 radical (unpaired) electrons. The van der Waals surface area contributed by atoms with Gasteiger partial charge in [-0.1, -0.05) is 24.3 Å². The second-order valence-electron chi connectivity index (χ2n) is 11.7. The van der Waals surface area contributed by atoms with Crippen LogP contribution >= 0.6 is 11.9 Å². The molecule has 0 saturated heterocycles. The van der Waals surface area contributed by atoms with E-state index in [2.05, 4.69) is 19.7 Å². The van der Waals surface area contributed by atoms with E-state index in [1.807, 2.05) is 58.0 Å². The number of benzene rings is 2. The lowest BCUT2D eigenvalue weighted by molar-refractivity contribution is 0.0445. The highest BCUT2D eigenvalue weighted by Gasteiger charge is 2.33. The Morgan fingerprint density at radius 3 is 2.48 bits per heavy atom. The summed E-state index contributed by atoms with van der Waals surface area (Å²) in [7, 11) is 0. The van der Waals surface area contributed by atoms with Gasteiger partial charge in [0.05, 0.1) is 36.8 Å². The zero-order valence-corrected chi connectivity index (χ0v) is 26.6. The number of hydrogen-bond donors (Lipinski definition) is 1. The van der Waals surface area contributed by atoms with Gasteiger partial charge in [0.25, 0.3) is 5.91 Å². The molecule has 1 aliphatic rings. The lowest BCUT2D eigenvalue weighted by Gasteiger charge is -2.34. The number of ether oxygens (including phenoxy) is 2. The Balaban J connectivity index is 1.57. The van der Waals surface area contributed by atoms with E-state index in [0.29, 0.717) is 34.7 Å². The fourth-order valence-electron chi connectivity index (χ4n) is 5.13. The molecule has 2 aromatic carbocycles. The first-order valence-electron chi connectivity index (χ1n) is 14.5. The van der Waals surface area contributed by atoms with Gasteiger partial charge in [0.2, 0.25) is 11.8 Å². The molecule has 3 heterocycles. The first kappa shape index (κ1) is 31.2. The predicted octanol–water partition coefficient (Wildman–Crippen LogP) is 7.00. The summed E-state index contributed by atoms with van der Waals surface area (Å²) in [4.78, 5) is 34.8. The summed E-state index contributed by atoms with van der Waals surface area (Å²) in [5.74, 6) is 1.31. The second-order valence-corrected chi connectivity index (χ2v) is 12.6. The Morgan fingerprint density at radius 2 is 1.80 bits per heavy atom. The molecule has 5 rings (SSSR count). The minimum absolute atomic E-state index is 0.0108. The van der Waals surface area contributed by atoms with Crippen LogP contribution in [-0.4, -0.2) is 55.2 Å². The summed E-state index contributed by atoms with van der Waals surface area (Å²) < 4.78 is 30.5. The fourth-order valence-corrected chi connectivity index (χ4v) is 5.76. The van der Waals surface area contributed by atoms with Crippen molar-refractivity contribution in [3.8, 4) is 22.9 Å². The van der Waals surface area contributed by atoms with Crippen LogP contribution in [0.15, 0.2) is 65.8 Å². The van der Waals surface area contributed by atoms with Crippen LogP contribution in [0.25, 0.3) is 11.3 Å². The molecule has 11 heteroatoms. The first-order chi connectivity index (χ1) is 20.9. The van der Waals surface area contributed by atoms with Gasteiger partial charge in [0, 0.05) is 28.5 Å². The third-order valence-electron chi connectivity index (χ3n) is 6.99. The highest BCUT2D eigenvalue weighted by Crippen LogP contribution is 2.32. The largest absolute Gasteiger partial charge is 0.488 e. The molecular formula is C33H37FN6O3S. The van der Waals surface area contributed by atoms with Gasteiger partial charge in [-0.05, 0) is 82.8 Å². The van der Waals surface area contributed by atoms with Crippen molar-refractivity contribution in [3.05, 3.63) is 83.4 Å². The number of carbonyl (C=O) groups is 1. The number of fused-ring (bicyclic) bond motifs is 4. The molecule has 0 unspecified atom stereocenters. The zero-order valence-electron chi connectivity index (χ0n) is 25.8. The lowest BCUT2D eigenvalue weighted by atomic mass is 9.99. The second kappa shape index (κ2) is 13.2. The summed E-state index contributed by atoms with van der Waals surface area (Å²) >= 11 is 1.29. The van der Waals surface area contributed by atoms with Gasteiger partial charge in [0.1, 0.15) is 18.1 Å². The van der Waals surface area contributed by atoms with Gasteiger partial charge in [-0.25, -0.2) is 19.3 Å². The summed E-state index contributed by atoms with van der Waals surface area (Å²) in [6.07, 6.45) is 3.15. The summed E-state index contributed by atoms with van der Waals surface area (Å²) in [5, 5.41) is 0. The molecule has 0 spiro atoms. The van der Waals surface area contributed by atoms with Crippen LogP contribution < -0.4 is 14.2 Å². The monoisotopic (exact) mass is 616 g/mol. The summed E-state index contributed by atoms with van der Waals surface area (Å²) in [5.41, 5.74) is 2.66. The highest BCUT2D eigenvalue weighted by molar-refractivity contribution is 8.00. The van der Waals surface area contributed by atoms with E-state index in [4.69, 9.17) is 14.5 Å². The van der Waals surface area contributed by atoms with Crippen LogP contribution in [0, 0.1) is 13.8 Å². The van der Waals surface area contributed by atoms with Crippen LogP contribution in [0.4, 0.5) is 10.3 Å². The third-order valence-corrected chi connectivity index (χ3v) is 7.77. The molecule has 1 amide bonds. The van der Waals surface area contributed by atoms with E-state index in [1.54, 1.807) is 35.5 Å². The molecule has 0 aliphatic carbocycles. The topological polar surface area (TPSA) is 102 Å². The average Bonchev–Trinajstić information content (AvgIpc) is 2.97. The van der Waals surface area contributed by atoms with Crippen molar-refractivity contribution in [2.75, 3.05) is 11.3 Å². The van der Waals surface area contributed by atoms with Crippen LogP contribution in [0.1, 0.15) is 61.4 Å². The van der Waals surface area contributed by atoms with Crippen molar-refractivity contribution >= 4 is 23.8 Å². The van der Waals surface area contributed by atoms with E-state index in [1.165, 1.54) is 25.8 Å². The Kier molecular flexibility index (Phi) is 9.33. The van der Waals surface area contributed by atoms with Crippen LogP contribution in [0.2, 0.25) is 0 Å². The number of amides is 1. The number of alkyl halides is 1. The van der Waals surface area contributed by atoms with Crippen molar-refractivity contribution in [1.82, 2.24) is 24.8 Å². The Labute approximate surface area is 261 Å². The van der Waals surface area contributed by atoms with E-state index < -0.39 is 11.7 Å². The number of carbonyl (C=O) groups excluding carboxylic acids is 1. The number of rotatable bonds is 7. The molecule has 0 fully saturated rings. The van der Waals surface area contributed by atoms with E-state index in [-0.39, 0.29) is 31.6 Å². The molecule has 1 atom stereocenters. The lowest BCUT2D eigenvalue weighted by Crippen LogP contribution is -2.46. The Morgan fingerprint density at radius 1 is 1.09 bits per heavy atom.